The van der Waals surface area contributed by atoms with Gasteiger partial charge in [-0.15, -0.1) is 0 Å². The fourth-order valence-electron chi connectivity index (χ4n) is 2.51. The minimum atomic E-state index is -0.743. The van der Waals surface area contributed by atoms with Gasteiger partial charge in [-0.25, -0.2) is 13.8 Å². The first-order valence-electron chi connectivity index (χ1n) is 7.16. The molecule has 4 rings (SSSR count). The van der Waals surface area contributed by atoms with Gasteiger partial charge in [-0.1, -0.05) is 41.7 Å². The standard InChI is InChI=1S/C18H10F2N2OS/c19-13-8-14(20)16-15(9-13)24-18(21-16)22-17(23)12-6-5-10-3-1-2-4-11(10)7-12/h1-9H,(H,21,22,23). The second kappa shape index (κ2) is 5.65. The molecule has 1 aromatic heterocycles. The number of benzene rings is 3. The number of nitrogens with one attached hydrogen (secondary N) is 1. The van der Waals surface area contributed by atoms with E-state index in [2.05, 4.69) is 10.3 Å². The van der Waals surface area contributed by atoms with Gasteiger partial charge in [-0.2, -0.15) is 0 Å². The van der Waals surface area contributed by atoms with Crippen LogP contribution in [0.3, 0.4) is 0 Å². The summed E-state index contributed by atoms with van der Waals surface area (Å²) in [5.74, 6) is -1.76. The molecule has 118 valence electrons. The van der Waals surface area contributed by atoms with Crippen molar-refractivity contribution in [1.82, 2.24) is 4.98 Å². The summed E-state index contributed by atoms with van der Waals surface area (Å²) in [6.07, 6.45) is 0. The first-order chi connectivity index (χ1) is 11.6. The van der Waals surface area contributed by atoms with E-state index < -0.39 is 11.6 Å². The van der Waals surface area contributed by atoms with Gasteiger partial charge < -0.3 is 0 Å². The SMILES string of the molecule is O=C(Nc1nc2c(F)cc(F)cc2s1)c1ccc2ccccc2c1. The minimum absolute atomic E-state index is 0.0511. The van der Waals surface area contributed by atoms with Crippen LogP contribution in [0.25, 0.3) is 21.0 Å². The van der Waals surface area contributed by atoms with Crippen molar-refractivity contribution in [3.05, 3.63) is 71.8 Å². The molecule has 1 heterocycles. The van der Waals surface area contributed by atoms with E-state index in [-0.39, 0.29) is 16.6 Å². The Kier molecular flexibility index (Phi) is 3.46. The first-order valence-corrected chi connectivity index (χ1v) is 7.97. The van der Waals surface area contributed by atoms with Crippen molar-refractivity contribution < 1.29 is 13.6 Å². The van der Waals surface area contributed by atoms with Crippen LogP contribution in [0.2, 0.25) is 0 Å². The van der Waals surface area contributed by atoms with Crippen molar-refractivity contribution in [2.24, 2.45) is 0 Å². The molecule has 3 nitrogen and oxygen atoms in total. The molecule has 0 saturated heterocycles. The van der Waals surface area contributed by atoms with E-state index in [1.807, 2.05) is 30.3 Å². The Balaban J connectivity index is 1.66. The molecule has 6 heteroatoms. The molecular weight excluding hydrogens is 330 g/mol. The largest absolute Gasteiger partial charge is 0.298 e. The quantitative estimate of drug-likeness (QED) is 0.559. The molecule has 0 bridgehead atoms. The number of amides is 1. The molecule has 0 aliphatic heterocycles. The second-order valence-corrected chi connectivity index (χ2v) is 6.30. The highest BCUT2D eigenvalue weighted by Crippen LogP contribution is 2.29. The normalized spacial score (nSPS) is 11.1. The minimum Gasteiger partial charge on any atom is -0.298 e. The molecule has 0 aliphatic rings. The lowest BCUT2D eigenvalue weighted by atomic mass is 10.1. The topological polar surface area (TPSA) is 42.0 Å². The van der Waals surface area contributed by atoms with Gasteiger partial charge >= 0.3 is 0 Å². The molecule has 4 aromatic rings. The number of hydrogen-bond donors (Lipinski definition) is 1. The molecular formula is C18H10F2N2OS. The second-order valence-electron chi connectivity index (χ2n) is 5.27. The number of anilines is 1. The van der Waals surface area contributed by atoms with Gasteiger partial charge in [0.1, 0.15) is 11.3 Å². The average Bonchev–Trinajstić information content (AvgIpc) is 2.97. The summed E-state index contributed by atoms with van der Waals surface area (Å²) in [6.45, 7) is 0. The Hall–Kier alpha value is -2.86. The van der Waals surface area contributed by atoms with Gasteiger partial charge in [0.2, 0.25) is 0 Å². The van der Waals surface area contributed by atoms with Crippen LogP contribution in [-0.4, -0.2) is 10.9 Å². The number of nitrogens with zero attached hydrogens (tertiary/aromatic N) is 1. The summed E-state index contributed by atoms with van der Waals surface area (Å²) in [6, 6.07) is 15.0. The van der Waals surface area contributed by atoms with Crippen LogP contribution in [0.4, 0.5) is 13.9 Å². The molecule has 0 aliphatic carbocycles. The average molecular weight is 340 g/mol. The van der Waals surface area contributed by atoms with Gasteiger partial charge in [0, 0.05) is 11.6 Å². The van der Waals surface area contributed by atoms with E-state index in [0.717, 1.165) is 28.2 Å². The van der Waals surface area contributed by atoms with Gasteiger partial charge in [-0.05, 0) is 29.0 Å². The zero-order chi connectivity index (χ0) is 16.7. The number of aromatic nitrogens is 1. The number of thiazole rings is 1. The van der Waals surface area contributed by atoms with E-state index in [4.69, 9.17) is 0 Å². The van der Waals surface area contributed by atoms with Crippen molar-refractivity contribution in [1.29, 1.82) is 0 Å². The van der Waals surface area contributed by atoms with E-state index in [1.54, 1.807) is 12.1 Å². The van der Waals surface area contributed by atoms with Crippen molar-refractivity contribution >= 4 is 43.4 Å². The number of carbonyl (C=O) groups is 1. The van der Waals surface area contributed by atoms with Gasteiger partial charge in [0.25, 0.3) is 5.91 Å². The van der Waals surface area contributed by atoms with Crippen LogP contribution in [0.1, 0.15) is 10.4 Å². The maximum absolute atomic E-state index is 13.7. The fraction of sp³-hybridized carbons (Fsp3) is 0. The Labute approximate surface area is 139 Å². The zero-order valence-electron chi connectivity index (χ0n) is 12.2. The Morgan fingerprint density at radius 2 is 1.79 bits per heavy atom. The number of fused-ring (bicyclic) bond motifs is 2. The summed E-state index contributed by atoms with van der Waals surface area (Å²) in [5.41, 5.74) is 0.523. The number of hydrogen-bond acceptors (Lipinski definition) is 3. The predicted octanol–water partition coefficient (Wildman–Crippen LogP) is 4.98. The molecule has 0 radical (unpaired) electrons. The van der Waals surface area contributed by atoms with Crippen molar-refractivity contribution in [2.45, 2.75) is 0 Å². The third-order valence-corrected chi connectivity index (χ3v) is 4.56. The lowest BCUT2D eigenvalue weighted by Gasteiger charge is -2.03. The van der Waals surface area contributed by atoms with Gasteiger partial charge in [0.15, 0.2) is 10.9 Å². The summed E-state index contributed by atoms with van der Waals surface area (Å²) in [7, 11) is 0. The Morgan fingerprint density at radius 1 is 1.00 bits per heavy atom. The molecule has 0 spiro atoms. The highest BCUT2D eigenvalue weighted by molar-refractivity contribution is 7.22. The molecule has 0 unspecified atom stereocenters. The molecule has 3 aromatic carbocycles. The highest BCUT2D eigenvalue weighted by atomic mass is 32.1. The molecule has 24 heavy (non-hydrogen) atoms. The highest BCUT2D eigenvalue weighted by Gasteiger charge is 2.13. The maximum Gasteiger partial charge on any atom is 0.257 e. The molecule has 1 amide bonds. The van der Waals surface area contributed by atoms with Gasteiger partial charge in [0.05, 0.1) is 4.70 Å². The summed E-state index contributed by atoms with van der Waals surface area (Å²) < 4.78 is 27.3. The summed E-state index contributed by atoms with van der Waals surface area (Å²) >= 11 is 1.03. The third-order valence-electron chi connectivity index (χ3n) is 3.65. The third kappa shape index (κ3) is 2.61. The van der Waals surface area contributed by atoms with Crippen molar-refractivity contribution in [3.63, 3.8) is 0 Å². The fourth-order valence-corrected chi connectivity index (χ4v) is 3.41. The van der Waals surface area contributed by atoms with E-state index >= 15 is 0 Å². The molecule has 0 saturated carbocycles. The lowest BCUT2D eigenvalue weighted by molar-refractivity contribution is 0.102. The molecule has 1 N–H and O–H groups in total. The first kappa shape index (κ1) is 14.7. The van der Waals surface area contributed by atoms with Crippen LogP contribution in [0.15, 0.2) is 54.6 Å². The monoisotopic (exact) mass is 340 g/mol. The van der Waals surface area contributed by atoms with Crippen LogP contribution < -0.4 is 5.32 Å². The number of carbonyl (C=O) groups excluding carboxylic acids is 1. The van der Waals surface area contributed by atoms with Crippen molar-refractivity contribution in [3.8, 4) is 0 Å². The summed E-state index contributed by atoms with van der Waals surface area (Å²) in [4.78, 5) is 16.4. The zero-order valence-corrected chi connectivity index (χ0v) is 13.0. The van der Waals surface area contributed by atoms with Gasteiger partial charge in [-0.3, -0.25) is 10.1 Å². The number of halogens is 2. The van der Waals surface area contributed by atoms with E-state index in [9.17, 15) is 13.6 Å². The molecule has 0 fully saturated rings. The van der Waals surface area contributed by atoms with Crippen LogP contribution in [-0.2, 0) is 0 Å². The van der Waals surface area contributed by atoms with Crippen LogP contribution >= 0.6 is 11.3 Å². The predicted molar refractivity (Wildman–Crippen MR) is 91.4 cm³/mol. The molecule has 0 atom stereocenters. The van der Waals surface area contributed by atoms with Crippen LogP contribution in [0.5, 0.6) is 0 Å². The maximum atomic E-state index is 13.7. The Bertz CT molecular complexity index is 1090. The smallest absolute Gasteiger partial charge is 0.257 e. The van der Waals surface area contributed by atoms with E-state index in [0.29, 0.717) is 10.3 Å². The summed E-state index contributed by atoms with van der Waals surface area (Å²) in [5, 5.41) is 4.85. The van der Waals surface area contributed by atoms with Crippen molar-refractivity contribution in [2.75, 3.05) is 5.32 Å². The lowest BCUT2D eigenvalue weighted by Crippen LogP contribution is -2.11. The van der Waals surface area contributed by atoms with E-state index in [1.165, 1.54) is 6.07 Å². The van der Waals surface area contributed by atoms with Crippen LogP contribution in [0, 0.1) is 11.6 Å². The number of rotatable bonds is 2. The Morgan fingerprint density at radius 3 is 2.62 bits per heavy atom.